The number of rotatable bonds is 5. The van der Waals surface area contributed by atoms with Gasteiger partial charge in [0.25, 0.3) is 5.91 Å². The third-order valence-corrected chi connectivity index (χ3v) is 4.95. The lowest BCUT2D eigenvalue weighted by Crippen LogP contribution is -2.38. The Hall–Kier alpha value is -2.89. The normalized spacial score (nSPS) is 15.4. The molecule has 1 N–H and O–H groups in total. The second-order valence-electron chi connectivity index (χ2n) is 7.29. The number of pyridine rings is 1. The molecule has 0 spiro atoms. The number of carbonyl (C=O) groups excluding carboxylic acids is 1. The molecular weight excluding hydrogens is 344 g/mol. The number of ether oxygens (including phenoxy) is 1. The van der Waals surface area contributed by atoms with Crippen LogP contribution in [0.4, 0.5) is 0 Å². The summed E-state index contributed by atoms with van der Waals surface area (Å²) in [5.41, 5.74) is 0.595. The van der Waals surface area contributed by atoms with Crippen molar-refractivity contribution in [3.8, 4) is 5.75 Å². The third kappa shape index (κ3) is 4.45. The number of amides is 1. The number of likely N-dealkylation sites (tertiary alicyclic amines) is 1. The molecule has 0 unspecified atom stereocenters. The Bertz CT molecular complexity index is 795. The van der Waals surface area contributed by atoms with Crippen molar-refractivity contribution >= 4 is 11.9 Å². The summed E-state index contributed by atoms with van der Waals surface area (Å²) in [5, 5.41) is 9.15. The van der Waals surface area contributed by atoms with Crippen LogP contribution in [0.25, 0.3) is 0 Å². The van der Waals surface area contributed by atoms with Crippen LogP contribution in [0.5, 0.6) is 5.75 Å². The predicted molar refractivity (Wildman–Crippen MR) is 101 cm³/mol. The van der Waals surface area contributed by atoms with Crippen molar-refractivity contribution in [1.82, 2.24) is 9.88 Å². The molecule has 6 heteroatoms. The zero-order valence-electron chi connectivity index (χ0n) is 15.6. The van der Waals surface area contributed by atoms with Gasteiger partial charge in [-0.15, -0.1) is 0 Å². The smallest absolute Gasteiger partial charge is 0.347 e. The van der Waals surface area contributed by atoms with Gasteiger partial charge in [0.1, 0.15) is 5.75 Å². The van der Waals surface area contributed by atoms with E-state index in [9.17, 15) is 9.59 Å². The molecule has 142 valence electrons. The predicted octanol–water partition coefficient (Wildman–Crippen LogP) is 3.34. The number of carbonyl (C=O) groups is 2. The van der Waals surface area contributed by atoms with Crippen LogP contribution in [0.1, 0.15) is 48.5 Å². The van der Waals surface area contributed by atoms with Crippen LogP contribution in [-0.4, -0.2) is 45.6 Å². The zero-order chi connectivity index (χ0) is 19.4. The van der Waals surface area contributed by atoms with Gasteiger partial charge in [0.05, 0.1) is 0 Å². The lowest BCUT2D eigenvalue weighted by molar-refractivity contribution is -0.152. The summed E-state index contributed by atoms with van der Waals surface area (Å²) < 4.78 is 5.55. The van der Waals surface area contributed by atoms with Crippen LogP contribution in [0.3, 0.4) is 0 Å². The van der Waals surface area contributed by atoms with E-state index in [2.05, 4.69) is 4.98 Å². The van der Waals surface area contributed by atoms with Crippen molar-refractivity contribution in [2.24, 2.45) is 0 Å². The Kier molecular flexibility index (Phi) is 5.44. The first kappa shape index (κ1) is 18.9. The average Bonchev–Trinajstić information content (AvgIpc) is 2.68. The summed E-state index contributed by atoms with van der Waals surface area (Å²) in [6, 6.07) is 11.1. The second-order valence-corrected chi connectivity index (χ2v) is 7.29. The topological polar surface area (TPSA) is 79.7 Å². The van der Waals surface area contributed by atoms with Gasteiger partial charge in [0, 0.05) is 31.0 Å². The molecule has 1 fully saturated rings. The fraction of sp³-hybridized carbons (Fsp3) is 0.381. The highest BCUT2D eigenvalue weighted by atomic mass is 16.5. The van der Waals surface area contributed by atoms with Crippen LogP contribution >= 0.6 is 0 Å². The van der Waals surface area contributed by atoms with Gasteiger partial charge >= 0.3 is 5.97 Å². The van der Waals surface area contributed by atoms with Crippen LogP contribution < -0.4 is 4.74 Å². The molecule has 3 rings (SSSR count). The molecule has 0 bridgehead atoms. The lowest BCUT2D eigenvalue weighted by Gasteiger charge is -2.32. The highest BCUT2D eigenvalue weighted by molar-refractivity contribution is 5.94. The number of hydrogen-bond acceptors (Lipinski definition) is 4. The van der Waals surface area contributed by atoms with Gasteiger partial charge < -0.3 is 14.7 Å². The summed E-state index contributed by atoms with van der Waals surface area (Å²) in [6.45, 7) is 4.49. The average molecular weight is 368 g/mol. The Labute approximate surface area is 158 Å². The van der Waals surface area contributed by atoms with E-state index in [4.69, 9.17) is 9.84 Å². The van der Waals surface area contributed by atoms with Crippen LogP contribution in [-0.2, 0) is 4.79 Å². The number of nitrogens with zero attached hydrogens (tertiary/aromatic N) is 2. The molecule has 6 nitrogen and oxygen atoms in total. The zero-order valence-corrected chi connectivity index (χ0v) is 15.6. The Morgan fingerprint density at radius 3 is 2.22 bits per heavy atom. The minimum absolute atomic E-state index is 0.0514. The first-order valence-electron chi connectivity index (χ1n) is 9.08. The van der Waals surface area contributed by atoms with Gasteiger partial charge in [0.15, 0.2) is 5.60 Å². The fourth-order valence-corrected chi connectivity index (χ4v) is 3.24. The molecule has 0 atom stereocenters. The second kappa shape index (κ2) is 7.78. The van der Waals surface area contributed by atoms with E-state index in [-0.39, 0.29) is 5.91 Å². The van der Waals surface area contributed by atoms with Crippen molar-refractivity contribution in [3.05, 3.63) is 59.9 Å². The maximum absolute atomic E-state index is 12.5. The fourth-order valence-electron chi connectivity index (χ4n) is 3.24. The number of benzene rings is 1. The van der Waals surface area contributed by atoms with E-state index >= 15 is 0 Å². The molecule has 2 aromatic rings. The largest absolute Gasteiger partial charge is 0.478 e. The van der Waals surface area contributed by atoms with Crippen LogP contribution in [0, 0.1) is 0 Å². The van der Waals surface area contributed by atoms with Crippen molar-refractivity contribution in [1.29, 1.82) is 0 Å². The van der Waals surface area contributed by atoms with Gasteiger partial charge in [0.2, 0.25) is 0 Å². The molecule has 2 heterocycles. The van der Waals surface area contributed by atoms with Gasteiger partial charge in [-0.2, -0.15) is 0 Å². The van der Waals surface area contributed by atoms with Crippen molar-refractivity contribution in [2.75, 3.05) is 13.1 Å². The minimum Gasteiger partial charge on any atom is -0.478 e. The van der Waals surface area contributed by atoms with E-state index in [0.717, 1.165) is 25.9 Å². The van der Waals surface area contributed by atoms with Crippen LogP contribution in [0.15, 0.2) is 48.8 Å². The molecule has 0 radical (unpaired) electrons. The van der Waals surface area contributed by atoms with Crippen molar-refractivity contribution in [3.63, 3.8) is 0 Å². The number of hydrogen-bond donors (Lipinski definition) is 1. The molecule has 1 aromatic heterocycles. The van der Waals surface area contributed by atoms with Gasteiger partial charge in [-0.3, -0.25) is 9.78 Å². The lowest BCUT2D eigenvalue weighted by atomic mass is 9.89. The summed E-state index contributed by atoms with van der Waals surface area (Å²) in [7, 11) is 0. The van der Waals surface area contributed by atoms with E-state index in [0.29, 0.717) is 17.2 Å². The van der Waals surface area contributed by atoms with E-state index in [1.165, 1.54) is 19.4 Å². The first-order valence-corrected chi connectivity index (χ1v) is 9.08. The Balaban J connectivity index is 1.58. The Morgan fingerprint density at radius 2 is 1.67 bits per heavy atom. The van der Waals surface area contributed by atoms with Crippen LogP contribution in [0.2, 0.25) is 0 Å². The minimum atomic E-state index is -1.26. The number of aliphatic carboxylic acids is 1. The molecule has 0 aliphatic carbocycles. The van der Waals surface area contributed by atoms with E-state index < -0.39 is 11.6 Å². The molecule has 0 saturated carbocycles. The SMILES string of the molecule is CC(C)(Oc1ccc(C2CCN(C(=O)c3ccncc3)CC2)cc1)C(=O)O. The standard InChI is InChI=1S/C21H24N2O4/c1-21(2,20(25)26)27-18-5-3-15(4-6-18)16-9-13-23(14-10-16)19(24)17-7-11-22-12-8-17/h3-8,11-12,16H,9-10,13-14H2,1-2H3,(H,25,26). The molecule has 1 aliphatic rings. The highest BCUT2D eigenvalue weighted by Crippen LogP contribution is 2.30. The summed E-state index contributed by atoms with van der Waals surface area (Å²) >= 11 is 0. The third-order valence-electron chi connectivity index (χ3n) is 4.95. The van der Waals surface area contributed by atoms with E-state index in [1.807, 2.05) is 29.2 Å². The monoisotopic (exact) mass is 368 g/mol. The number of aromatic nitrogens is 1. The summed E-state index contributed by atoms with van der Waals surface area (Å²) in [4.78, 5) is 29.5. The highest BCUT2D eigenvalue weighted by Gasteiger charge is 2.29. The van der Waals surface area contributed by atoms with Gasteiger partial charge in [-0.1, -0.05) is 12.1 Å². The van der Waals surface area contributed by atoms with Crippen molar-refractivity contribution < 1.29 is 19.4 Å². The Morgan fingerprint density at radius 1 is 1.07 bits per heavy atom. The van der Waals surface area contributed by atoms with Crippen molar-refractivity contribution in [2.45, 2.75) is 38.2 Å². The number of carboxylic acid groups (broad SMARTS) is 1. The molecular formula is C21H24N2O4. The molecule has 1 amide bonds. The molecule has 1 aliphatic heterocycles. The van der Waals surface area contributed by atoms with E-state index in [1.54, 1.807) is 24.5 Å². The number of carboxylic acids is 1. The first-order chi connectivity index (χ1) is 12.9. The number of piperidine rings is 1. The molecule has 1 saturated heterocycles. The van der Waals surface area contributed by atoms with Gasteiger partial charge in [-0.05, 0) is 62.4 Å². The maximum atomic E-state index is 12.5. The molecule has 1 aromatic carbocycles. The maximum Gasteiger partial charge on any atom is 0.347 e. The quantitative estimate of drug-likeness (QED) is 0.875. The molecule has 27 heavy (non-hydrogen) atoms. The van der Waals surface area contributed by atoms with Gasteiger partial charge in [-0.25, -0.2) is 4.79 Å². The summed E-state index contributed by atoms with van der Waals surface area (Å²) in [5.74, 6) is -0.0298. The summed E-state index contributed by atoms with van der Waals surface area (Å²) in [6.07, 6.45) is 5.07.